The van der Waals surface area contributed by atoms with Crippen LogP contribution in [0.25, 0.3) is 5.32 Å². The van der Waals surface area contributed by atoms with Crippen molar-refractivity contribution in [2.24, 2.45) is 0 Å². The van der Waals surface area contributed by atoms with E-state index in [1.807, 2.05) is 0 Å². The zero-order valence-corrected chi connectivity index (χ0v) is 11.2. The van der Waals surface area contributed by atoms with E-state index in [0.29, 0.717) is 12.6 Å². The molecule has 2 fully saturated rings. The summed E-state index contributed by atoms with van der Waals surface area (Å²) in [5, 5.41) is 3.91. The van der Waals surface area contributed by atoms with Gasteiger partial charge in [-0.15, -0.1) is 0 Å². The number of nitrogens with zero attached hydrogens (tertiary/aromatic N) is 2. The van der Waals surface area contributed by atoms with Crippen LogP contribution in [-0.2, 0) is 30.0 Å². The maximum Gasteiger partial charge on any atom is 0.0887 e. The summed E-state index contributed by atoms with van der Waals surface area (Å²) in [6.07, 6.45) is 0. The zero-order chi connectivity index (χ0) is 9.47. The molecule has 0 bridgehead atoms. The average molecular weight is 369 g/mol. The molecule has 4 nitrogen and oxygen atoms in total. The van der Waals surface area contributed by atoms with Crippen LogP contribution in [0.4, 0.5) is 0 Å². The Labute approximate surface area is 98.0 Å². The van der Waals surface area contributed by atoms with Gasteiger partial charge >= 0.3 is 0 Å². The molecule has 0 aromatic carbocycles. The van der Waals surface area contributed by atoms with Crippen molar-refractivity contribution in [3.8, 4) is 0 Å². The second kappa shape index (κ2) is 4.28. The van der Waals surface area contributed by atoms with Gasteiger partial charge in [-0.1, -0.05) is 6.54 Å². The number of morpholine rings is 1. The van der Waals surface area contributed by atoms with Gasteiger partial charge in [0.2, 0.25) is 0 Å². The molecule has 81 valence electrons. The van der Waals surface area contributed by atoms with Gasteiger partial charge in [0.1, 0.15) is 0 Å². The predicted octanol–water partition coefficient (Wildman–Crippen LogP) is 0.377. The van der Waals surface area contributed by atoms with Crippen molar-refractivity contribution in [3.63, 3.8) is 0 Å². The summed E-state index contributed by atoms with van der Waals surface area (Å²) in [4.78, 5) is 13.1. The molecule has 2 rings (SSSR count). The first-order valence-corrected chi connectivity index (χ1v) is 4.70. The van der Waals surface area contributed by atoms with E-state index in [9.17, 15) is 4.79 Å². The van der Waals surface area contributed by atoms with E-state index in [0.717, 1.165) is 13.1 Å². The Morgan fingerprint density at radius 1 is 1.50 bits per heavy atom. The third-order valence-electron chi connectivity index (χ3n) is 2.76. The van der Waals surface area contributed by atoms with Gasteiger partial charge in [-0.2, -0.15) is 0 Å². The standard InChI is InChI=1S/C9H16N2O2.Re/c1-7(2)11-5-9(6-11)4-10-8(12)3-13-9;/h7H,3-6H2,1-2H3,(H,10,12);/p-1. The van der Waals surface area contributed by atoms with Gasteiger partial charge in [-0.3, -0.25) is 4.90 Å². The molecule has 2 saturated heterocycles. The van der Waals surface area contributed by atoms with Crippen molar-refractivity contribution in [1.29, 1.82) is 0 Å². The molecule has 2 aliphatic rings. The Morgan fingerprint density at radius 2 is 2.14 bits per heavy atom. The molecule has 0 saturated carbocycles. The Kier molecular flexibility index (Phi) is 3.70. The fourth-order valence-corrected chi connectivity index (χ4v) is 1.79. The number of carbonyl (C=O) groups is 1. The Morgan fingerprint density at radius 3 is 2.57 bits per heavy atom. The van der Waals surface area contributed by atoms with Crippen LogP contribution in [0.2, 0.25) is 0 Å². The summed E-state index contributed by atoms with van der Waals surface area (Å²) < 4.78 is 5.51. The van der Waals surface area contributed by atoms with Gasteiger partial charge in [0.25, 0.3) is 0 Å². The van der Waals surface area contributed by atoms with Crippen LogP contribution in [0.3, 0.4) is 0 Å². The maximum atomic E-state index is 10.8. The molecule has 0 unspecified atom stereocenters. The van der Waals surface area contributed by atoms with E-state index < -0.39 is 0 Å². The van der Waals surface area contributed by atoms with Crippen LogP contribution in [0.5, 0.6) is 0 Å². The van der Waals surface area contributed by atoms with Crippen molar-refractivity contribution in [2.75, 3.05) is 26.2 Å². The van der Waals surface area contributed by atoms with Crippen molar-refractivity contribution < 1.29 is 30.0 Å². The molecular weight excluding hydrogens is 354 g/mol. The van der Waals surface area contributed by atoms with Crippen molar-refractivity contribution in [2.45, 2.75) is 25.5 Å². The second-order valence-electron chi connectivity index (χ2n) is 4.18. The minimum absolute atomic E-state index is 0. The monoisotopic (exact) mass is 370 g/mol. The number of rotatable bonds is 1. The van der Waals surface area contributed by atoms with Crippen molar-refractivity contribution in [3.05, 3.63) is 5.32 Å². The largest absolute Gasteiger partial charge is 0.649 e. The number of likely N-dealkylation sites (tertiary alicyclic amines) is 1. The Balaban J connectivity index is 0.000000980. The topological polar surface area (TPSA) is 43.6 Å². The molecule has 0 N–H and O–H groups in total. The minimum atomic E-state index is -0.127. The van der Waals surface area contributed by atoms with Crippen LogP contribution in [0, 0.1) is 0 Å². The Hall–Kier alpha value is 0.0523. The summed E-state index contributed by atoms with van der Waals surface area (Å²) in [5.41, 5.74) is -0.127. The zero-order valence-electron chi connectivity index (χ0n) is 8.49. The van der Waals surface area contributed by atoms with E-state index in [1.54, 1.807) is 0 Å². The molecular formula is C9H15N2O2Re-. The molecule has 2 heterocycles. The van der Waals surface area contributed by atoms with Crippen LogP contribution in [0.1, 0.15) is 13.8 Å². The normalized spacial score (nSPS) is 25.5. The molecule has 0 atom stereocenters. The average Bonchev–Trinajstić information content (AvgIpc) is 2.02. The molecule has 1 radical (unpaired) electrons. The summed E-state index contributed by atoms with van der Waals surface area (Å²) in [5.74, 6) is -0.117. The van der Waals surface area contributed by atoms with Crippen LogP contribution in [-0.4, -0.2) is 48.7 Å². The summed E-state index contributed by atoms with van der Waals surface area (Å²) in [7, 11) is 0. The van der Waals surface area contributed by atoms with Crippen LogP contribution in [0.15, 0.2) is 0 Å². The SMILES string of the molecule is CC(C)N1CC2(C[N-]C(=O)CO2)C1.[Re]. The molecule has 2 aliphatic heterocycles. The van der Waals surface area contributed by atoms with Crippen LogP contribution < -0.4 is 0 Å². The second-order valence-corrected chi connectivity index (χ2v) is 4.18. The molecule has 5 heteroatoms. The fourth-order valence-electron chi connectivity index (χ4n) is 1.79. The third-order valence-corrected chi connectivity index (χ3v) is 2.76. The first kappa shape index (κ1) is 12.1. The van der Waals surface area contributed by atoms with Crippen molar-refractivity contribution in [1.82, 2.24) is 4.90 Å². The first-order valence-electron chi connectivity index (χ1n) is 4.70. The quantitative estimate of drug-likeness (QED) is 0.671. The summed E-state index contributed by atoms with van der Waals surface area (Å²) in [6.45, 7) is 6.89. The first-order chi connectivity index (χ1) is 6.11. The number of hydrogen-bond donors (Lipinski definition) is 0. The van der Waals surface area contributed by atoms with E-state index >= 15 is 0 Å². The Bertz CT molecular complexity index is 215. The number of hydrogen-bond acceptors (Lipinski definition) is 3. The van der Waals surface area contributed by atoms with Gasteiger partial charge < -0.3 is 14.8 Å². The van der Waals surface area contributed by atoms with E-state index in [-0.39, 0.29) is 38.5 Å². The van der Waals surface area contributed by atoms with Gasteiger partial charge in [0, 0.05) is 39.6 Å². The van der Waals surface area contributed by atoms with Crippen LogP contribution >= 0.6 is 0 Å². The van der Waals surface area contributed by atoms with Crippen molar-refractivity contribution >= 4 is 5.91 Å². The molecule has 1 spiro atoms. The van der Waals surface area contributed by atoms with E-state index in [4.69, 9.17) is 4.74 Å². The molecule has 0 aromatic rings. The smallest absolute Gasteiger partial charge is 0.0887 e. The van der Waals surface area contributed by atoms with E-state index in [1.165, 1.54) is 0 Å². The molecule has 0 aliphatic carbocycles. The minimum Gasteiger partial charge on any atom is -0.649 e. The van der Waals surface area contributed by atoms with Gasteiger partial charge in [-0.05, 0) is 13.8 Å². The van der Waals surface area contributed by atoms with Gasteiger partial charge in [-0.25, -0.2) is 0 Å². The number of carbonyl (C=O) groups excluding carboxylic acids is 1. The molecule has 1 amide bonds. The van der Waals surface area contributed by atoms with Gasteiger partial charge in [0.15, 0.2) is 0 Å². The maximum absolute atomic E-state index is 10.8. The molecule has 0 aromatic heterocycles. The van der Waals surface area contributed by atoms with Gasteiger partial charge in [0.05, 0.1) is 18.1 Å². The summed E-state index contributed by atoms with van der Waals surface area (Å²) in [6, 6.07) is 0.562. The summed E-state index contributed by atoms with van der Waals surface area (Å²) >= 11 is 0. The predicted molar refractivity (Wildman–Crippen MR) is 48.6 cm³/mol. The molecule has 14 heavy (non-hydrogen) atoms. The fraction of sp³-hybridized carbons (Fsp3) is 0.889. The third kappa shape index (κ3) is 2.17. The number of amides is 1. The number of ether oxygens (including phenoxy) is 1. The van der Waals surface area contributed by atoms with E-state index in [2.05, 4.69) is 24.1 Å².